The monoisotopic (exact) mass is 240 g/mol. The molecular weight excluding hydrogens is 225 g/mol. The smallest absolute Gasteiger partial charge is 0.375 e. The summed E-state index contributed by atoms with van der Waals surface area (Å²) in [5, 5.41) is 0. The molecule has 1 amide bonds. The maximum absolute atomic E-state index is 12.5. The summed E-state index contributed by atoms with van der Waals surface area (Å²) in [6, 6.07) is 0. The molecule has 0 aliphatic carbocycles. The Balaban J connectivity index is 2.77. The molecule has 2 atom stereocenters. The van der Waals surface area contributed by atoms with Crippen LogP contribution in [0.5, 0.6) is 0 Å². The minimum Gasteiger partial charge on any atom is -0.375 e. The number of alkyl halides is 3. The number of ether oxygens (including phenoxy) is 1. The molecular formula is C9H15F3N2O2. The van der Waals surface area contributed by atoms with Gasteiger partial charge in [-0.15, -0.1) is 0 Å². The fraction of sp³-hybridized carbons (Fsp3) is 0.889. The van der Waals surface area contributed by atoms with Crippen molar-refractivity contribution in [3.05, 3.63) is 0 Å². The van der Waals surface area contributed by atoms with E-state index in [1.807, 2.05) is 0 Å². The lowest BCUT2D eigenvalue weighted by Gasteiger charge is -2.37. The number of rotatable bonds is 1. The third kappa shape index (κ3) is 2.46. The lowest BCUT2D eigenvalue weighted by molar-refractivity contribution is -0.196. The Kier molecular flexibility index (Phi) is 3.49. The van der Waals surface area contributed by atoms with Crippen molar-refractivity contribution in [1.29, 1.82) is 0 Å². The maximum Gasteiger partial charge on any atom is 0.415 e. The number of carbonyl (C=O) groups is 1. The SMILES string of the molecule is CC1CN(C(=O)C(C)(N)C(F)(F)F)CCO1. The van der Waals surface area contributed by atoms with Crippen LogP contribution in [0.2, 0.25) is 0 Å². The number of morpholine rings is 1. The highest BCUT2D eigenvalue weighted by Crippen LogP contribution is 2.29. The van der Waals surface area contributed by atoms with Crippen molar-refractivity contribution < 1.29 is 22.7 Å². The molecule has 2 unspecified atom stereocenters. The molecule has 0 aromatic heterocycles. The topological polar surface area (TPSA) is 55.6 Å². The van der Waals surface area contributed by atoms with Gasteiger partial charge in [-0.1, -0.05) is 0 Å². The van der Waals surface area contributed by atoms with E-state index < -0.39 is 17.6 Å². The highest BCUT2D eigenvalue weighted by molar-refractivity contribution is 5.86. The summed E-state index contributed by atoms with van der Waals surface area (Å²) in [5.41, 5.74) is 2.23. The molecule has 16 heavy (non-hydrogen) atoms. The molecule has 1 aliphatic rings. The summed E-state index contributed by atoms with van der Waals surface area (Å²) in [6.07, 6.45) is -5.01. The van der Waals surface area contributed by atoms with Gasteiger partial charge in [-0.25, -0.2) is 0 Å². The molecule has 0 bridgehead atoms. The highest BCUT2D eigenvalue weighted by Gasteiger charge is 2.55. The summed E-state index contributed by atoms with van der Waals surface area (Å²) < 4.78 is 42.7. The van der Waals surface area contributed by atoms with Crippen LogP contribution in [0.15, 0.2) is 0 Å². The molecule has 0 saturated carbocycles. The van der Waals surface area contributed by atoms with Crippen molar-refractivity contribution in [2.75, 3.05) is 19.7 Å². The average Bonchev–Trinajstić information content (AvgIpc) is 2.14. The Hall–Kier alpha value is -0.820. The quantitative estimate of drug-likeness (QED) is 0.726. The van der Waals surface area contributed by atoms with Crippen molar-refractivity contribution in [1.82, 2.24) is 4.90 Å². The van der Waals surface area contributed by atoms with Crippen molar-refractivity contribution in [3.8, 4) is 0 Å². The number of hydrogen-bond donors (Lipinski definition) is 1. The second-order valence-corrected chi connectivity index (χ2v) is 4.13. The van der Waals surface area contributed by atoms with E-state index in [1.54, 1.807) is 6.92 Å². The molecule has 0 aromatic rings. The first-order chi connectivity index (χ1) is 7.16. The van der Waals surface area contributed by atoms with Crippen LogP contribution in [0, 0.1) is 0 Å². The first-order valence-electron chi connectivity index (χ1n) is 4.93. The van der Waals surface area contributed by atoms with E-state index in [1.165, 1.54) is 0 Å². The van der Waals surface area contributed by atoms with E-state index >= 15 is 0 Å². The third-order valence-electron chi connectivity index (χ3n) is 2.56. The molecule has 1 fully saturated rings. The van der Waals surface area contributed by atoms with Gasteiger partial charge >= 0.3 is 6.18 Å². The largest absolute Gasteiger partial charge is 0.415 e. The molecule has 1 saturated heterocycles. The lowest BCUT2D eigenvalue weighted by Crippen LogP contribution is -2.64. The molecule has 94 valence electrons. The Morgan fingerprint density at radius 1 is 1.50 bits per heavy atom. The van der Waals surface area contributed by atoms with E-state index in [9.17, 15) is 18.0 Å². The Morgan fingerprint density at radius 3 is 2.50 bits per heavy atom. The van der Waals surface area contributed by atoms with E-state index in [-0.39, 0.29) is 25.8 Å². The fourth-order valence-corrected chi connectivity index (χ4v) is 1.45. The number of hydrogen-bond acceptors (Lipinski definition) is 3. The first-order valence-corrected chi connectivity index (χ1v) is 4.93. The van der Waals surface area contributed by atoms with Gasteiger partial charge in [0.05, 0.1) is 12.7 Å². The predicted molar refractivity (Wildman–Crippen MR) is 50.6 cm³/mol. The standard InChI is InChI=1S/C9H15F3N2O2/c1-6-5-14(3-4-16-6)7(15)8(2,13)9(10,11)12/h6H,3-5,13H2,1-2H3. The van der Waals surface area contributed by atoms with Crippen LogP contribution >= 0.6 is 0 Å². The van der Waals surface area contributed by atoms with Crippen LogP contribution in [0.1, 0.15) is 13.8 Å². The molecule has 2 N–H and O–H groups in total. The number of nitrogens with zero attached hydrogens (tertiary/aromatic N) is 1. The van der Waals surface area contributed by atoms with Gasteiger partial charge in [-0.3, -0.25) is 4.79 Å². The summed E-state index contributed by atoms with van der Waals surface area (Å²) in [6.45, 7) is 2.91. The van der Waals surface area contributed by atoms with Crippen LogP contribution in [0.3, 0.4) is 0 Å². The van der Waals surface area contributed by atoms with Gasteiger partial charge in [-0.2, -0.15) is 13.2 Å². The van der Waals surface area contributed by atoms with Gasteiger partial charge in [-0.05, 0) is 13.8 Å². The number of amides is 1. The average molecular weight is 240 g/mol. The van der Waals surface area contributed by atoms with E-state index in [2.05, 4.69) is 0 Å². The minimum atomic E-state index is -4.74. The second kappa shape index (κ2) is 4.21. The molecule has 0 aromatic carbocycles. The molecule has 7 heteroatoms. The van der Waals surface area contributed by atoms with Crippen LogP contribution in [-0.2, 0) is 9.53 Å². The normalized spacial score (nSPS) is 26.4. The second-order valence-electron chi connectivity index (χ2n) is 4.13. The van der Waals surface area contributed by atoms with Crippen LogP contribution in [-0.4, -0.2) is 48.3 Å². The summed E-state index contributed by atoms with van der Waals surface area (Å²) in [5.74, 6) is -1.10. The number of nitrogens with two attached hydrogens (primary N) is 1. The van der Waals surface area contributed by atoms with Gasteiger partial charge in [0.15, 0.2) is 5.54 Å². The van der Waals surface area contributed by atoms with E-state index in [0.717, 1.165) is 4.90 Å². The molecule has 1 aliphatic heterocycles. The van der Waals surface area contributed by atoms with Gasteiger partial charge < -0.3 is 15.4 Å². The van der Waals surface area contributed by atoms with Crippen LogP contribution in [0.25, 0.3) is 0 Å². The van der Waals surface area contributed by atoms with Crippen molar-refractivity contribution in [2.24, 2.45) is 5.73 Å². The molecule has 1 heterocycles. The van der Waals surface area contributed by atoms with Crippen LogP contribution in [0.4, 0.5) is 13.2 Å². The maximum atomic E-state index is 12.5. The zero-order chi connectivity index (χ0) is 12.6. The van der Waals surface area contributed by atoms with Gasteiger partial charge in [0.25, 0.3) is 5.91 Å². The van der Waals surface area contributed by atoms with E-state index in [0.29, 0.717) is 6.92 Å². The predicted octanol–water partition coefficient (Wildman–Crippen LogP) is 0.513. The Bertz CT molecular complexity index is 278. The van der Waals surface area contributed by atoms with Gasteiger partial charge in [0, 0.05) is 13.1 Å². The van der Waals surface area contributed by atoms with Gasteiger partial charge in [0.2, 0.25) is 0 Å². The zero-order valence-corrected chi connectivity index (χ0v) is 9.17. The summed E-state index contributed by atoms with van der Waals surface area (Å²) in [7, 11) is 0. The molecule has 4 nitrogen and oxygen atoms in total. The Labute approximate surface area is 91.5 Å². The molecule has 1 rings (SSSR count). The third-order valence-corrected chi connectivity index (χ3v) is 2.56. The first kappa shape index (κ1) is 13.2. The number of halogens is 3. The van der Waals surface area contributed by atoms with Crippen molar-refractivity contribution in [3.63, 3.8) is 0 Å². The van der Waals surface area contributed by atoms with Crippen LogP contribution < -0.4 is 5.73 Å². The summed E-state index contributed by atoms with van der Waals surface area (Å²) in [4.78, 5) is 12.7. The summed E-state index contributed by atoms with van der Waals surface area (Å²) >= 11 is 0. The van der Waals surface area contributed by atoms with E-state index in [4.69, 9.17) is 10.5 Å². The van der Waals surface area contributed by atoms with Crippen molar-refractivity contribution >= 4 is 5.91 Å². The fourth-order valence-electron chi connectivity index (χ4n) is 1.45. The van der Waals surface area contributed by atoms with Crippen molar-refractivity contribution in [2.45, 2.75) is 31.7 Å². The number of carbonyl (C=O) groups excluding carboxylic acids is 1. The molecule has 0 spiro atoms. The van der Waals surface area contributed by atoms with Gasteiger partial charge in [0.1, 0.15) is 0 Å². The molecule has 0 radical (unpaired) electrons. The minimum absolute atomic E-state index is 0.141. The Morgan fingerprint density at radius 2 is 2.06 bits per heavy atom. The highest BCUT2D eigenvalue weighted by atomic mass is 19.4. The zero-order valence-electron chi connectivity index (χ0n) is 9.17. The lowest BCUT2D eigenvalue weighted by atomic mass is 10.0.